The topological polar surface area (TPSA) is 97.3 Å². The van der Waals surface area contributed by atoms with Gasteiger partial charge >= 0.3 is 0 Å². The molecular formula is C23H27N3O5S. The van der Waals surface area contributed by atoms with Crippen LogP contribution < -0.4 is 14.9 Å². The van der Waals surface area contributed by atoms with E-state index in [1.165, 1.54) is 16.8 Å². The van der Waals surface area contributed by atoms with Crippen LogP contribution >= 0.6 is 11.8 Å². The summed E-state index contributed by atoms with van der Waals surface area (Å²) in [5.41, 5.74) is 5.37. The third kappa shape index (κ3) is 5.04. The third-order valence-corrected chi connectivity index (χ3v) is 6.56. The standard InChI is InChI=1S/C23H27N3O5S/c1-13(2)18-11-19(25-29)14(3)10-20(18)31-12-21(27)24-26-22(28)15(4)32-23(26)16-6-8-17(30-5)9-7-16/h6-11,13,15,23H,12H2,1-5H3,(H,24,27). The van der Waals surface area contributed by atoms with E-state index in [9.17, 15) is 14.5 Å². The van der Waals surface area contributed by atoms with Crippen molar-refractivity contribution in [3.05, 3.63) is 58.0 Å². The number of nitroso groups, excluding NO2 is 1. The molecule has 0 bridgehead atoms. The van der Waals surface area contributed by atoms with Crippen molar-refractivity contribution in [2.75, 3.05) is 13.7 Å². The number of methoxy groups -OCH3 is 1. The lowest BCUT2D eigenvalue weighted by Gasteiger charge is -2.25. The number of amides is 2. The predicted octanol–water partition coefficient (Wildman–Crippen LogP) is 4.60. The minimum absolute atomic E-state index is 0.0750. The molecule has 1 saturated heterocycles. The number of ether oxygens (including phenoxy) is 2. The molecule has 1 aliphatic heterocycles. The van der Waals surface area contributed by atoms with Crippen molar-refractivity contribution in [1.82, 2.24) is 10.4 Å². The van der Waals surface area contributed by atoms with Gasteiger partial charge in [0.05, 0.1) is 12.4 Å². The Hall–Kier alpha value is -3.07. The molecule has 0 aliphatic carbocycles. The minimum Gasteiger partial charge on any atom is -0.497 e. The summed E-state index contributed by atoms with van der Waals surface area (Å²) in [6.45, 7) is 7.23. The summed E-state index contributed by atoms with van der Waals surface area (Å²) in [6.07, 6.45) is 0. The Morgan fingerprint density at radius 1 is 1.25 bits per heavy atom. The number of nitrogens with zero attached hydrogens (tertiary/aromatic N) is 2. The van der Waals surface area contributed by atoms with Gasteiger partial charge in [-0.25, -0.2) is 5.01 Å². The SMILES string of the molecule is COc1ccc(C2SC(C)C(=O)N2NC(=O)COc2cc(C)c(N=O)cc2C(C)C)cc1. The molecule has 170 valence electrons. The average Bonchev–Trinajstić information content (AvgIpc) is 3.06. The molecule has 2 unspecified atom stereocenters. The predicted molar refractivity (Wildman–Crippen MR) is 124 cm³/mol. The summed E-state index contributed by atoms with van der Waals surface area (Å²) in [5.74, 6) is 0.682. The molecule has 1 heterocycles. The van der Waals surface area contributed by atoms with E-state index in [2.05, 4.69) is 10.6 Å². The molecule has 9 heteroatoms. The van der Waals surface area contributed by atoms with Crippen molar-refractivity contribution in [3.8, 4) is 11.5 Å². The second-order valence-electron chi connectivity index (χ2n) is 7.86. The van der Waals surface area contributed by atoms with Gasteiger partial charge in [-0.05, 0) is 65.9 Å². The van der Waals surface area contributed by atoms with Crippen LogP contribution in [0.15, 0.2) is 41.6 Å². The van der Waals surface area contributed by atoms with E-state index in [1.807, 2.05) is 45.0 Å². The maximum Gasteiger partial charge on any atom is 0.276 e. The zero-order chi connectivity index (χ0) is 23.4. The Bertz CT molecular complexity index is 1010. The summed E-state index contributed by atoms with van der Waals surface area (Å²) in [6, 6.07) is 10.8. The second kappa shape index (κ2) is 10.0. The molecule has 2 amide bonds. The lowest BCUT2D eigenvalue weighted by molar-refractivity contribution is -0.141. The van der Waals surface area contributed by atoms with Gasteiger partial charge in [-0.1, -0.05) is 26.0 Å². The fourth-order valence-corrected chi connectivity index (χ4v) is 4.61. The van der Waals surface area contributed by atoms with Crippen LogP contribution in [0.5, 0.6) is 11.5 Å². The molecule has 1 aliphatic rings. The van der Waals surface area contributed by atoms with Gasteiger partial charge < -0.3 is 9.47 Å². The van der Waals surface area contributed by atoms with E-state index in [4.69, 9.17) is 9.47 Å². The molecule has 2 aromatic carbocycles. The number of hydrogen-bond acceptors (Lipinski definition) is 7. The highest BCUT2D eigenvalue weighted by Gasteiger charge is 2.39. The normalized spacial score (nSPS) is 18.1. The smallest absolute Gasteiger partial charge is 0.276 e. The van der Waals surface area contributed by atoms with Crippen molar-refractivity contribution >= 4 is 29.3 Å². The second-order valence-corrected chi connectivity index (χ2v) is 9.28. The van der Waals surface area contributed by atoms with Crippen LogP contribution in [-0.2, 0) is 9.59 Å². The summed E-state index contributed by atoms with van der Waals surface area (Å²) >= 11 is 1.46. The van der Waals surface area contributed by atoms with Gasteiger partial charge in [0.1, 0.15) is 22.6 Å². The lowest BCUT2D eigenvalue weighted by Crippen LogP contribution is -2.47. The Morgan fingerprint density at radius 2 is 1.94 bits per heavy atom. The molecule has 2 atom stereocenters. The molecule has 3 rings (SSSR count). The summed E-state index contributed by atoms with van der Waals surface area (Å²) in [4.78, 5) is 36.3. The number of nitrogens with one attached hydrogen (secondary N) is 1. The van der Waals surface area contributed by atoms with Gasteiger partial charge in [-0.3, -0.25) is 15.0 Å². The van der Waals surface area contributed by atoms with Crippen molar-refractivity contribution in [2.24, 2.45) is 5.18 Å². The zero-order valence-electron chi connectivity index (χ0n) is 18.7. The van der Waals surface area contributed by atoms with Crippen LogP contribution in [0.25, 0.3) is 0 Å². The summed E-state index contributed by atoms with van der Waals surface area (Å²) < 4.78 is 11.0. The first-order chi connectivity index (χ1) is 15.2. The molecule has 1 N–H and O–H groups in total. The molecule has 0 aromatic heterocycles. The molecular weight excluding hydrogens is 430 g/mol. The van der Waals surface area contributed by atoms with Gasteiger partial charge in [0.15, 0.2) is 6.61 Å². The van der Waals surface area contributed by atoms with Crippen molar-refractivity contribution < 1.29 is 19.1 Å². The number of thioether (sulfide) groups is 1. The van der Waals surface area contributed by atoms with Gasteiger partial charge in [-0.15, -0.1) is 16.7 Å². The molecule has 0 saturated carbocycles. The highest BCUT2D eigenvalue weighted by atomic mass is 32.2. The lowest BCUT2D eigenvalue weighted by atomic mass is 9.99. The number of carbonyl (C=O) groups is 2. The first-order valence-corrected chi connectivity index (χ1v) is 11.2. The highest BCUT2D eigenvalue weighted by molar-refractivity contribution is 8.01. The monoisotopic (exact) mass is 457 g/mol. The summed E-state index contributed by atoms with van der Waals surface area (Å²) in [5, 5.41) is 3.76. The fourth-order valence-electron chi connectivity index (χ4n) is 3.40. The largest absolute Gasteiger partial charge is 0.497 e. The Kier molecular flexibility index (Phi) is 7.40. The minimum atomic E-state index is -0.448. The van der Waals surface area contributed by atoms with Crippen LogP contribution in [-0.4, -0.2) is 35.8 Å². The van der Waals surface area contributed by atoms with E-state index in [1.54, 1.807) is 26.2 Å². The first kappa shape index (κ1) is 23.6. The molecule has 8 nitrogen and oxygen atoms in total. The molecule has 0 spiro atoms. The average molecular weight is 458 g/mol. The Morgan fingerprint density at radius 3 is 2.53 bits per heavy atom. The van der Waals surface area contributed by atoms with E-state index in [-0.39, 0.29) is 29.1 Å². The molecule has 32 heavy (non-hydrogen) atoms. The molecule has 0 radical (unpaired) electrons. The van der Waals surface area contributed by atoms with E-state index >= 15 is 0 Å². The number of benzene rings is 2. The number of rotatable bonds is 8. The number of aryl methyl sites for hydroxylation is 1. The number of hydrogen-bond donors (Lipinski definition) is 1. The Balaban J connectivity index is 1.72. The van der Waals surface area contributed by atoms with Crippen LogP contribution in [0.3, 0.4) is 0 Å². The summed E-state index contributed by atoms with van der Waals surface area (Å²) in [7, 11) is 1.59. The van der Waals surface area contributed by atoms with Gasteiger partial charge in [0, 0.05) is 0 Å². The van der Waals surface area contributed by atoms with E-state index in [0.717, 1.165) is 11.1 Å². The fraction of sp³-hybridized carbons (Fsp3) is 0.391. The van der Waals surface area contributed by atoms with Crippen LogP contribution in [0.2, 0.25) is 0 Å². The van der Waals surface area contributed by atoms with Gasteiger partial charge in [0.25, 0.3) is 11.8 Å². The maximum absolute atomic E-state index is 12.7. The van der Waals surface area contributed by atoms with Gasteiger partial charge in [-0.2, -0.15) is 0 Å². The zero-order valence-corrected chi connectivity index (χ0v) is 19.6. The first-order valence-electron chi connectivity index (χ1n) is 10.3. The quantitative estimate of drug-likeness (QED) is 0.582. The van der Waals surface area contributed by atoms with Crippen molar-refractivity contribution in [2.45, 2.75) is 44.2 Å². The molecule has 2 aromatic rings. The highest BCUT2D eigenvalue weighted by Crippen LogP contribution is 2.42. The van der Waals surface area contributed by atoms with Crippen LogP contribution in [0, 0.1) is 11.8 Å². The maximum atomic E-state index is 12.7. The third-order valence-electron chi connectivity index (χ3n) is 5.21. The van der Waals surface area contributed by atoms with Gasteiger partial charge in [0.2, 0.25) is 0 Å². The van der Waals surface area contributed by atoms with Crippen molar-refractivity contribution in [3.63, 3.8) is 0 Å². The van der Waals surface area contributed by atoms with Crippen molar-refractivity contribution in [1.29, 1.82) is 0 Å². The van der Waals surface area contributed by atoms with Crippen LogP contribution in [0.1, 0.15) is 48.8 Å². The Labute approximate surface area is 191 Å². The van der Waals surface area contributed by atoms with Crippen LogP contribution in [0.4, 0.5) is 5.69 Å². The number of carbonyl (C=O) groups excluding carboxylic acids is 2. The number of hydrazine groups is 1. The van der Waals surface area contributed by atoms with E-state index < -0.39 is 5.91 Å². The van der Waals surface area contributed by atoms with E-state index in [0.29, 0.717) is 22.7 Å². The molecule has 1 fully saturated rings.